The molecule has 1 aliphatic heterocycles. The average molecular weight is 290 g/mol. The highest BCUT2D eigenvalue weighted by Gasteiger charge is 2.35. The molecular formula is C18H27FN2. The summed E-state index contributed by atoms with van der Waals surface area (Å²) in [6.45, 7) is 4.11. The predicted octanol–water partition coefficient (Wildman–Crippen LogP) is 4.40. The van der Waals surface area contributed by atoms with Crippen LogP contribution in [0.5, 0.6) is 0 Å². The van der Waals surface area contributed by atoms with Gasteiger partial charge in [0.1, 0.15) is 5.82 Å². The van der Waals surface area contributed by atoms with Crippen LogP contribution in [0.25, 0.3) is 0 Å². The van der Waals surface area contributed by atoms with Gasteiger partial charge < -0.3 is 10.6 Å². The number of hydrogen-bond acceptors (Lipinski definition) is 2. The van der Waals surface area contributed by atoms with Crippen LogP contribution in [0.4, 0.5) is 10.1 Å². The zero-order chi connectivity index (χ0) is 14.9. The molecule has 0 amide bonds. The van der Waals surface area contributed by atoms with Gasteiger partial charge in [0.05, 0.1) is 0 Å². The topological polar surface area (TPSA) is 29.3 Å². The molecule has 1 aromatic rings. The van der Waals surface area contributed by atoms with Crippen molar-refractivity contribution in [2.75, 3.05) is 18.0 Å². The Morgan fingerprint density at radius 2 is 1.76 bits per heavy atom. The number of nitrogens with two attached hydrogens (primary N) is 1. The monoisotopic (exact) mass is 290 g/mol. The summed E-state index contributed by atoms with van der Waals surface area (Å²) in [5.74, 6) is -0.188. The van der Waals surface area contributed by atoms with E-state index >= 15 is 0 Å². The smallest absolute Gasteiger partial charge is 0.123 e. The first kappa shape index (κ1) is 14.8. The number of nitrogens with zero attached hydrogens (tertiary/aromatic N) is 1. The highest BCUT2D eigenvalue weighted by Crippen LogP contribution is 2.45. The van der Waals surface area contributed by atoms with Crippen molar-refractivity contribution < 1.29 is 4.39 Å². The predicted molar refractivity (Wildman–Crippen MR) is 86.0 cm³/mol. The molecule has 2 aliphatic rings. The van der Waals surface area contributed by atoms with Crippen LogP contribution in [0.1, 0.15) is 63.5 Å². The van der Waals surface area contributed by atoms with E-state index in [2.05, 4.69) is 4.90 Å². The molecule has 1 atom stereocenters. The summed E-state index contributed by atoms with van der Waals surface area (Å²) >= 11 is 0. The molecule has 1 aromatic carbocycles. The molecule has 1 spiro atoms. The highest BCUT2D eigenvalue weighted by molar-refractivity contribution is 5.55. The molecular weight excluding hydrogens is 263 g/mol. The van der Waals surface area contributed by atoms with Crippen LogP contribution < -0.4 is 10.6 Å². The minimum atomic E-state index is -0.188. The largest absolute Gasteiger partial charge is 0.371 e. The number of benzene rings is 1. The van der Waals surface area contributed by atoms with Crippen molar-refractivity contribution in [3.63, 3.8) is 0 Å². The lowest BCUT2D eigenvalue weighted by Gasteiger charge is -2.45. The maximum Gasteiger partial charge on any atom is 0.123 e. The van der Waals surface area contributed by atoms with Crippen molar-refractivity contribution in [1.29, 1.82) is 0 Å². The van der Waals surface area contributed by atoms with E-state index in [0.717, 1.165) is 24.3 Å². The van der Waals surface area contributed by atoms with Gasteiger partial charge in [-0.05, 0) is 61.8 Å². The Morgan fingerprint density at radius 3 is 2.38 bits per heavy atom. The third-order valence-corrected chi connectivity index (χ3v) is 5.56. The van der Waals surface area contributed by atoms with Gasteiger partial charge in [0.15, 0.2) is 0 Å². The van der Waals surface area contributed by atoms with Gasteiger partial charge in [-0.3, -0.25) is 0 Å². The standard InChI is InChI=1S/C18H27FN2/c1-14(20)16-13-15(19)5-6-17(16)21-11-9-18(10-12-21)7-3-2-4-8-18/h5-6,13-14H,2-4,7-12,20H2,1H3/t14-/m0/s1. The van der Waals surface area contributed by atoms with Gasteiger partial charge >= 0.3 is 0 Å². The molecule has 116 valence electrons. The molecule has 0 radical (unpaired) electrons. The third kappa shape index (κ3) is 3.08. The third-order valence-electron chi connectivity index (χ3n) is 5.56. The van der Waals surface area contributed by atoms with E-state index in [1.165, 1.54) is 44.9 Å². The summed E-state index contributed by atoms with van der Waals surface area (Å²) in [5.41, 5.74) is 8.71. The first-order valence-corrected chi connectivity index (χ1v) is 8.40. The van der Waals surface area contributed by atoms with Crippen molar-refractivity contribution in [3.8, 4) is 0 Å². The summed E-state index contributed by atoms with van der Waals surface area (Å²) in [5, 5.41) is 0. The van der Waals surface area contributed by atoms with Gasteiger partial charge in [0.25, 0.3) is 0 Å². The molecule has 0 aromatic heterocycles. The molecule has 1 aliphatic carbocycles. The lowest BCUT2D eigenvalue weighted by molar-refractivity contribution is 0.144. The molecule has 2 N–H and O–H groups in total. The normalized spacial score (nSPS) is 23.3. The summed E-state index contributed by atoms with van der Waals surface area (Å²) in [6, 6.07) is 4.95. The Morgan fingerprint density at radius 1 is 1.10 bits per heavy atom. The summed E-state index contributed by atoms with van der Waals surface area (Å²) < 4.78 is 13.5. The Kier molecular flexibility index (Phi) is 4.21. The SMILES string of the molecule is C[C@H](N)c1cc(F)ccc1N1CCC2(CCCCC2)CC1. The Labute approximate surface area is 127 Å². The number of halogens is 1. The van der Waals surface area contributed by atoms with Gasteiger partial charge in [0.2, 0.25) is 0 Å². The van der Waals surface area contributed by atoms with Crippen LogP contribution in [0.2, 0.25) is 0 Å². The molecule has 3 rings (SSSR count). The lowest BCUT2D eigenvalue weighted by atomic mass is 9.68. The van der Waals surface area contributed by atoms with E-state index in [9.17, 15) is 4.39 Å². The summed E-state index contributed by atoms with van der Waals surface area (Å²) in [4.78, 5) is 2.41. The van der Waals surface area contributed by atoms with Crippen molar-refractivity contribution in [2.24, 2.45) is 11.1 Å². The number of anilines is 1. The van der Waals surface area contributed by atoms with Gasteiger partial charge in [-0.2, -0.15) is 0 Å². The van der Waals surface area contributed by atoms with E-state index in [4.69, 9.17) is 5.73 Å². The summed E-state index contributed by atoms with van der Waals surface area (Å²) in [7, 11) is 0. The Balaban J connectivity index is 1.75. The lowest BCUT2D eigenvalue weighted by Crippen LogP contribution is -2.41. The van der Waals surface area contributed by atoms with Crippen LogP contribution in [-0.4, -0.2) is 13.1 Å². The van der Waals surface area contributed by atoms with Crippen molar-refractivity contribution in [3.05, 3.63) is 29.6 Å². The fourth-order valence-electron chi connectivity index (χ4n) is 4.20. The quantitative estimate of drug-likeness (QED) is 0.875. The van der Waals surface area contributed by atoms with E-state index in [1.807, 2.05) is 13.0 Å². The van der Waals surface area contributed by atoms with Crippen LogP contribution in [-0.2, 0) is 0 Å². The number of hydrogen-bond donors (Lipinski definition) is 1. The molecule has 2 fully saturated rings. The molecule has 2 nitrogen and oxygen atoms in total. The molecule has 0 bridgehead atoms. The van der Waals surface area contributed by atoms with Gasteiger partial charge in [-0.15, -0.1) is 0 Å². The molecule has 0 unspecified atom stereocenters. The van der Waals surface area contributed by atoms with Crippen LogP contribution in [0.3, 0.4) is 0 Å². The molecule has 1 saturated heterocycles. The zero-order valence-electron chi connectivity index (χ0n) is 13.1. The fraction of sp³-hybridized carbons (Fsp3) is 0.667. The second-order valence-corrected chi connectivity index (χ2v) is 7.04. The Hall–Kier alpha value is -1.09. The number of rotatable bonds is 2. The van der Waals surface area contributed by atoms with E-state index < -0.39 is 0 Å². The minimum absolute atomic E-state index is 0.124. The molecule has 3 heteroatoms. The van der Waals surface area contributed by atoms with Crippen LogP contribution in [0, 0.1) is 11.2 Å². The van der Waals surface area contributed by atoms with E-state index in [0.29, 0.717) is 5.41 Å². The molecule has 1 saturated carbocycles. The fourth-order valence-corrected chi connectivity index (χ4v) is 4.20. The van der Waals surface area contributed by atoms with Crippen molar-refractivity contribution >= 4 is 5.69 Å². The second-order valence-electron chi connectivity index (χ2n) is 7.04. The summed E-state index contributed by atoms with van der Waals surface area (Å²) in [6.07, 6.45) is 9.60. The zero-order valence-corrected chi connectivity index (χ0v) is 13.1. The van der Waals surface area contributed by atoms with Crippen LogP contribution >= 0.6 is 0 Å². The number of piperidine rings is 1. The molecule has 1 heterocycles. The van der Waals surface area contributed by atoms with Gasteiger partial charge in [-0.1, -0.05) is 19.3 Å². The van der Waals surface area contributed by atoms with Crippen molar-refractivity contribution in [2.45, 2.75) is 57.9 Å². The van der Waals surface area contributed by atoms with Gasteiger partial charge in [0, 0.05) is 24.8 Å². The highest BCUT2D eigenvalue weighted by atomic mass is 19.1. The minimum Gasteiger partial charge on any atom is -0.371 e. The average Bonchev–Trinajstić information content (AvgIpc) is 2.49. The van der Waals surface area contributed by atoms with Gasteiger partial charge in [-0.25, -0.2) is 4.39 Å². The van der Waals surface area contributed by atoms with E-state index in [-0.39, 0.29) is 11.9 Å². The van der Waals surface area contributed by atoms with Crippen molar-refractivity contribution in [1.82, 2.24) is 0 Å². The first-order valence-electron chi connectivity index (χ1n) is 8.40. The second kappa shape index (κ2) is 5.96. The maximum atomic E-state index is 13.5. The maximum absolute atomic E-state index is 13.5. The first-order chi connectivity index (χ1) is 10.1. The Bertz CT molecular complexity index is 482. The molecule has 21 heavy (non-hydrogen) atoms. The van der Waals surface area contributed by atoms with Crippen LogP contribution in [0.15, 0.2) is 18.2 Å². The van der Waals surface area contributed by atoms with E-state index in [1.54, 1.807) is 12.1 Å².